The minimum atomic E-state index is -0.147. The molecule has 0 unspecified atom stereocenters. The second-order valence-corrected chi connectivity index (χ2v) is 13.1. The van der Waals surface area contributed by atoms with Gasteiger partial charge < -0.3 is 15.7 Å². The van der Waals surface area contributed by atoms with E-state index in [9.17, 15) is 5.11 Å². The molecule has 166 valence electrons. The molecule has 0 aromatic heterocycles. The normalized spacial score (nSPS) is 58.6. The highest BCUT2D eigenvalue weighted by molar-refractivity contribution is 5.31. The lowest BCUT2D eigenvalue weighted by atomic mass is 9.42. The maximum Gasteiger partial charge on any atom is 0.0594 e. The fourth-order valence-corrected chi connectivity index (χ4v) is 11.1. The van der Waals surface area contributed by atoms with E-state index in [2.05, 4.69) is 59.3 Å². The second kappa shape index (κ2) is 6.01. The SMILES string of the molecule is CN[C@@H](C)[C@@H]1[C@H](O)C[C@@]2(C)[C@H]3CC[C@H]4C(C)(C)[C@@H](NC)CC[C@]45C[C@]35CC[C@]12C. The lowest BCUT2D eigenvalue weighted by Gasteiger charge is -2.63. The molecule has 2 spiro atoms. The third-order valence-electron chi connectivity index (χ3n) is 12.5. The van der Waals surface area contributed by atoms with Crippen LogP contribution in [-0.2, 0) is 0 Å². The lowest BCUT2D eigenvalue weighted by Crippen LogP contribution is -2.59. The summed E-state index contributed by atoms with van der Waals surface area (Å²) in [5, 5.41) is 18.4. The quantitative estimate of drug-likeness (QED) is 0.647. The summed E-state index contributed by atoms with van der Waals surface area (Å²) in [4.78, 5) is 0. The molecule has 10 atom stereocenters. The van der Waals surface area contributed by atoms with E-state index >= 15 is 0 Å². The van der Waals surface area contributed by atoms with Crippen molar-refractivity contribution in [2.24, 2.45) is 44.8 Å². The Morgan fingerprint density at radius 2 is 1.52 bits per heavy atom. The van der Waals surface area contributed by atoms with Gasteiger partial charge in [0.1, 0.15) is 0 Å². The summed E-state index contributed by atoms with van der Waals surface area (Å²) >= 11 is 0. The average molecular weight is 403 g/mol. The van der Waals surface area contributed by atoms with Crippen molar-refractivity contribution in [2.45, 2.75) is 104 Å². The van der Waals surface area contributed by atoms with E-state index < -0.39 is 0 Å². The van der Waals surface area contributed by atoms with E-state index in [1.165, 1.54) is 44.9 Å². The predicted octanol–water partition coefficient (Wildman–Crippen LogP) is 4.59. The van der Waals surface area contributed by atoms with Crippen molar-refractivity contribution in [1.29, 1.82) is 0 Å². The van der Waals surface area contributed by atoms with Crippen molar-refractivity contribution in [2.75, 3.05) is 14.1 Å². The Kier molecular flexibility index (Phi) is 4.31. The third kappa shape index (κ3) is 2.16. The molecule has 5 rings (SSSR count). The van der Waals surface area contributed by atoms with Gasteiger partial charge >= 0.3 is 0 Å². The zero-order chi connectivity index (χ0) is 21.0. The summed E-state index contributed by atoms with van der Waals surface area (Å²) in [5.74, 6) is 2.08. The molecule has 0 heterocycles. The molecule has 5 saturated carbocycles. The van der Waals surface area contributed by atoms with Gasteiger partial charge in [0.15, 0.2) is 0 Å². The van der Waals surface area contributed by atoms with Crippen molar-refractivity contribution in [3.63, 3.8) is 0 Å². The molecule has 0 radical (unpaired) electrons. The molecule has 0 aromatic carbocycles. The molecular weight excluding hydrogens is 356 g/mol. The molecule has 5 aliphatic carbocycles. The van der Waals surface area contributed by atoms with Crippen LogP contribution in [0.2, 0.25) is 0 Å². The highest BCUT2D eigenvalue weighted by atomic mass is 16.3. The third-order valence-corrected chi connectivity index (χ3v) is 12.5. The second-order valence-electron chi connectivity index (χ2n) is 13.1. The smallest absolute Gasteiger partial charge is 0.0594 e. The van der Waals surface area contributed by atoms with Crippen LogP contribution in [0.4, 0.5) is 0 Å². The van der Waals surface area contributed by atoms with Gasteiger partial charge in [-0.2, -0.15) is 0 Å². The van der Waals surface area contributed by atoms with E-state index in [1.54, 1.807) is 0 Å². The van der Waals surface area contributed by atoms with E-state index in [0.717, 1.165) is 18.3 Å². The van der Waals surface area contributed by atoms with Crippen molar-refractivity contribution in [1.82, 2.24) is 10.6 Å². The molecule has 0 aliphatic heterocycles. The van der Waals surface area contributed by atoms with Gasteiger partial charge in [-0.25, -0.2) is 0 Å². The molecule has 29 heavy (non-hydrogen) atoms. The molecule has 3 N–H and O–H groups in total. The molecule has 0 amide bonds. The van der Waals surface area contributed by atoms with Crippen LogP contribution >= 0.6 is 0 Å². The highest BCUT2D eigenvalue weighted by Gasteiger charge is 2.82. The van der Waals surface area contributed by atoms with Gasteiger partial charge in [-0.15, -0.1) is 0 Å². The molecule has 5 fully saturated rings. The summed E-state index contributed by atoms with van der Waals surface area (Å²) in [5.41, 5.74) is 2.14. The maximum absolute atomic E-state index is 11.3. The average Bonchev–Trinajstić information content (AvgIpc) is 3.26. The number of nitrogens with one attached hydrogen (secondary N) is 2. The van der Waals surface area contributed by atoms with Crippen LogP contribution in [0.15, 0.2) is 0 Å². The Labute approximate surface area is 179 Å². The topological polar surface area (TPSA) is 44.3 Å². The van der Waals surface area contributed by atoms with Crippen LogP contribution in [-0.4, -0.2) is 37.4 Å². The standard InChI is InChI=1S/C26H46N2O/c1-16(27-6)21-17(29)14-24(5)19-9-8-18-22(2,3)20(28-7)10-11-25(18)15-26(19,25)13-12-23(21,24)4/h16-21,27-29H,8-15H2,1-7H3/t16-,17+,18-,19+,20-,21+,23+,24-,25-,26+/m0/s1. The fourth-order valence-electron chi connectivity index (χ4n) is 11.1. The van der Waals surface area contributed by atoms with Crippen LogP contribution in [0.3, 0.4) is 0 Å². The van der Waals surface area contributed by atoms with E-state index in [1.807, 2.05) is 0 Å². The first kappa shape index (κ1) is 20.8. The minimum Gasteiger partial charge on any atom is -0.393 e. The zero-order valence-corrected chi connectivity index (χ0v) is 20.1. The summed E-state index contributed by atoms with van der Waals surface area (Å²) in [6, 6.07) is 1.06. The van der Waals surface area contributed by atoms with Crippen molar-refractivity contribution >= 4 is 0 Å². The van der Waals surface area contributed by atoms with E-state index in [-0.39, 0.29) is 11.5 Å². The number of aliphatic hydroxyl groups excluding tert-OH is 1. The van der Waals surface area contributed by atoms with Crippen molar-refractivity contribution in [3.8, 4) is 0 Å². The van der Waals surface area contributed by atoms with Crippen molar-refractivity contribution in [3.05, 3.63) is 0 Å². The molecule has 5 aliphatic rings. The van der Waals surface area contributed by atoms with Crippen LogP contribution in [0.25, 0.3) is 0 Å². The summed E-state index contributed by atoms with van der Waals surface area (Å²) in [6.45, 7) is 12.6. The first-order chi connectivity index (χ1) is 13.5. The van der Waals surface area contributed by atoms with E-state index in [4.69, 9.17) is 0 Å². The Morgan fingerprint density at radius 3 is 2.17 bits per heavy atom. The Bertz CT molecular complexity index is 692. The van der Waals surface area contributed by atoms with Gasteiger partial charge in [-0.1, -0.05) is 27.7 Å². The number of fused-ring (bicyclic) bond motifs is 2. The van der Waals surface area contributed by atoms with Crippen LogP contribution in [0.5, 0.6) is 0 Å². The fraction of sp³-hybridized carbons (Fsp3) is 1.00. The Balaban J connectivity index is 1.52. The highest BCUT2D eigenvalue weighted by Crippen LogP contribution is 2.88. The number of aliphatic hydroxyl groups is 1. The minimum absolute atomic E-state index is 0.147. The summed E-state index contributed by atoms with van der Waals surface area (Å²) in [7, 11) is 4.25. The summed E-state index contributed by atoms with van der Waals surface area (Å²) in [6.07, 6.45) is 10.7. The van der Waals surface area contributed by atoms with Crippen molar-refractivity contribution < 1.29 is 5.11 Å². The van der Waals surface area contributed by atoms with Crippen LogP contribution < -0.4 is 10.6 Å². The van der Waals surface area contributed by atoms with Crippen LogP contribution in [0, 0.1) is 44.8 Å². The predicted molar refractivity (Wildman–Crippen MR) is 120 cm³/mol. The largest absolute Gasteiger partial charge is 0.393 e. The zero-order valence-electron chi connectivity index (χ0n) is 20.1. The van der Waals surface area contributed by atoms with Gasteiger partial charge in [0.25, 0.3) is 0 Å². The van der Waals surface area contributed by atoms with E-state index in [0.29, 0.717) is 39.7 Å². The molecule has 0 bridgehead atoms. The lowest BCUT2D eigenvalue weighted by molar-refractivity contribution is -0.144. The molecule has 3 heteroatoms. The van der Waals surface area contributed by atoms with Gasteiger partial charge in [-0.3, -0.25) is 0 Å². The molecule has 3 nitrogen and oxygen atoms in total. The number of hydrogen-bond donors (Lipinski definition) is 3. The molecule has 0 saturated heterocycles. The maximum atomic E-state index is 11.3. The Hall–Kier alpha value is -0.120. The monoisotopic (exact) mass is 402 g/mol. The van der Waals surface area contributed by atoms with Gasteiger partial charge in [0, 0.05) is 18.0 Å². The first-order valence-electron chi connectivity index (χ1n) is 12.6. The van der Waals surface area contributed by atoms with Gasteiger partial charge in [-0.05, 0) is 111 Å². The first-order valence-corrected chi connectivity index (χ1v) is 12.6. The Morgan fingerprint density at radius 1 is 0.862 bits per heavy atom. The molecular formula is C26H46N2O. The van der Waals surface area contributed by atoms with Crippen LogP contribution in [0.1, 0.15) is 86.0 Å². The van der Waals surface area contributed by atoms with Gasteiger partial charge in [0.05, 0.1) is 6.10 Å². The number of rotatable bonds is 3. The van der Waals surface area contributed by atoms with Gasteiger partial charge in [0.2, 0.25) is 0 Å². The number of hydrogen-bond acceptors (Lipinski definition) is 3. The molecule has 0 aromatic rings. The summed E-state index contributed by atoms with van der Waals surface area (Å²) < 4.78 is 0.